The van der Waals surface area contributed by atoms with Gasteiger partial charge < -0.3 is 14.5 Å². The fourth-order valence-corrected chi connectivity index (χ4v) is 6.55. The number of aryl methyl sites for hydroxylation is 1. The van der Waals surface area contributed by atoms with E-state index in [2.05, 4.69) is 35.0 Å². The molecule has 6 rings (SSSR count). The number of aromatic amines is 1. The third-order valence-electron chi connectivity index (χ3n) is 7.91. The summed E-state index contributed by atoms with van der Waals surface area (Å²) in [6.07, 6.45) is 4.26. The van der Waals surface area contributed by atoms with Gasteiger partial charge in [0.15, 0.2) is 5.72 Å². The van der Waals surface area contributed by atoms with Crippen molar-refractivity contribution in [2.75, 3.05) is 26.3 Å². The number of nitro benzene ring substituents is 1. The van der Waals surface area contributed by atoms with Crippen molar-refractivity contribution in [3.05, 3.63) is 69.4 Å². The van der Waals surface area contributed by atoms with Gasteiger partial charge in [-0.2, -0.15) is 0 Å². The number of fused-ring (bicyclic) bond motifs is 3. The Morgan fingerprint density at radius 3 is 2.79 bits per heavy atom. The fraction of sp³-hybridized carbons (Fsp3) is 0.462. The summed E-state index contributed by atoms with van der Waals surface area (Å²) in [6, 6.07) is 13.5. The lowest BCUT2D eigenvalue weighted by molar-refractivity contribution is -0.385. The number of nitrogens with zero attached hydrogens (tertiary/aromatic N) is 2. The van der Waals surface area contributed by atoms with E-state index in [0.717, 1.165) is 61.3 Å². The SMILES string of the molecule is Cc1[nH]c2ccccc2c1[C@@H]1c2cc([N+](=O)[O-])ccc2O[C@]2(N3CCOCC3)CCCC[C@@H]12. The van der Waals surface area contributed by atoms with Crippen LogP contribution in [0, 0.1) is 23.0 Å². The third-order valence-corrected chi connectivity index (χ3v) is 7.91. The van der Waals surface area contributed by atoms with Crippen LogP contribution in [-0.2, 0) is 4.74 Å². The molecule has 7 heteroatoms. The Morgan fingerprint density at radius 2 is 1.97 bits per heavy atom. The molecule has 1 N–H and O–H groups in total. The second-order valence-electron chi connectivity index (χ2n) is 9.56. The van der Waals surface area contributed by atoms with Gasteiger partial charge in [-0.25, -0.2) is 0 Å². The predicted octanol–water partition coefficient (Wildman–Crippen LogP) is 5.13. The zero-order valence-electron chi connectivity index (χ0n) is 18.9. The molecule has 1 saturated heterocycles. The summed E-state index contributed by atoms with van der Waals surface area (Å²) in [7, 11) is 0. The molecule has 1 saturated carbocycles. The van der Waals surface area contributed by atoms with Crippen LogP contribution in [0.1, 0.15) is 48.4 Å². The van der Waals surface area contributed by atoms with Crippen LogP contribution in [0.2, 0.25) is 0 Å². The van der Waals surface area contributed by atoms with Gasteiger partial charge in [0, 0.05) is 65.6 Å². The van der Waals surface area contributed by atoms with Gasteiger partial charge in [0.05, 0.1) is 18.1 Å². The van der Waals surface area contributed by atoms with Crippen LogP contribution in [0.4, 0.5) is 5.69 Å². The molecule has 1 aromatic heterocycles. The topological polar surface area (TPSA) is 80.6 Å². The van der Waals surface area contributed by atoms with E-state index in [0.29, 0.717) is 13.2 Å². The molecule has 2 aliphatic heterocycles. The number of nitro groups is 1. The molecule has 3 atom stereocenters. The predicted molar refractivity (Wildman–Crippen MR) is 126 cm³/mol. The zero-order chi connectivity index (χ0) is 22.6. The molecule has 172 valence electrons. The molecule has 0 bridgehead atoms. The van der Waals surface area contributed by atoms with Gasteiger partial charge in [0.2, 0.25) is 0 Å². The van der Waals surface area contributed by atoms with Crippen molar-refractivity contribution in [1.82, 2.24) is 9.88 Å². The van der Waals surface area contributed by atoms with Crippen molar-refractivity contribution in [2.45, 2.75) is 44.2 Å². The number of aromatic nitrogens is 1. The summed E-state index contributed by atoms with van der Waals surface area (Å²) >= 11 is 0. The standard InChI is InChI=1S/C26H29N3O4/c1-17-24(19-6-2-3-8-22(19)27-17)25-20-16-18(29(30)31)9-10-23(20)33-26(11-5-4-7-21(25)26)28-12-14-32-15-13-28/h2-3,6,8-10,16,21,25,27H,4-5,7,11-15H2,1H3/t21-,25+,26+/m0/s1. The number of rotatable bonds is 3. The van der Waals surface area contributed by atoms with Gasteiger partial charge in [0.25, 0.3) is 5.69 Å². The van der Waals surface area contributed by atoms with Crippen molar-refractivity contribution in [3.63, 3.8) is 0 Å². The second-order valence-corrected chi connectivity index (χ2v) is 9.56. The van der Waals surface area contributed by atoms with Gasteiger partial charge in [-0.15, -0.1) is 0 Å². The summed E-state index contributed by atoms with van der Waals surface area (Å²) in [5.74, 6) is 1.00. The molecule has 2 aromatic carbocycles. The largest absolute Gasteiger partial charge is 0.472 e. The van der Waals surface area contributed by atoms with E-state index >= 15 is 0 Å². The normalized spacial score (nSPS) is 27.5. The van der Waals surface area contributed by atoms with Crippen LogP contribution >= 0.6 is 0 Å². The monoisotopic (exact) mass is 447 g/mol. The highest BCUT2D eigenvalue weighted by Gasteiger charge is 2.55. The van der Waals surface area contributed by atoms with E-state index in [1.54, 1.807) is 12.1 Å². The number of benzene rings is 2. The third kappa shape index (κ3) is 3.17. The summed E-state index contributed by atoms with van der Waals surface area (Å²) in [5.41, 5.74) is 4.13. The Morgan fingerprint density at radius 1 is 1.15 bits per heavy atom. The molecule has 0 amide bonds. The maximum atomic E-state index is 11.7. The number of hydrogen-bond acceptors (Lipinski definition) is 5. The lowest BCUT2D eigenvalue weighted by Gasteiger charge is -2.56. The Hall–Kier alpha value is -2.90. The van der Waals surface area contributed by atoms with Gasteiger partial charge in [0.1, 0.15) is 5.75 Å². The van der Waals surface area contributed by atoms with Crippen molar-refractivity contribution in [1.29, 1.82) is 0 Å². The molecule has 7 nitrogen and oxygen atoms in total. The first-order valence-electron chi connectivity index (χ1n) is 12.0. The Balaban J connectivity index is 1.60. The molecule has 2 fully saturated rings. The van der Waals surface area contributed by atoms with Gasteiger partial charge in [-0.1, -0.05) is 24.6 Å². The lowest BCUT2D eigenvalue weighted by atomic mass is 9.66. The van der Waals surface area contributed by atoms with Crippen molar-refractivity contribution < 1.29 is 14.4 Å². The van der Waals surface area contributed by atoms with Crippen LogP contribution in [-0.4, -0.2) is 46.8 Å². The van der Waals surface area contributed by atoms with Crippen LogP contribution in [0.15, 0.2) is 42.5 Å². The minimum Gasteiger partial charge on any atom is -0.472 e. The summed E-state index contributed by atoms with van der Waals surface area (Å²) in [4.78, 5) is 17.4. The van der Waals surface area contributed by atoms with Gasteiger partial charge >= 0.3 is 0 Å². The molecule has 0 radical (unpaired) electrons. The number of non-ortho nitro benzene ring substituents is 1. The van der Waals surface area contributed by atoms with Gasteiger partial charge in [-0.3, -0.25) is 15.0 Å². The molecular weight excluding hydrogens is 418 g/mol. The average molecular weight is 448 g/mol. The van der Waals surface area contributed by atoms with Crippen LogP contribution < -0.4 is 4.74 Å². The Labute approximate surface area is 192 Å². The van der Waals surface area contributed by atoms with Gasteiger partial charge in [-0.05, 0) is 37.5 Å². The number of H-pyrrole nitrogens is 1. The van der Waals surface area contributed by atoms with E-state index in [4.69, 9.17) is 9.47 Å². The average Bonchev–Trinajstić information content (AvgIpc) is 3.18. The number of nitrogens with one attached hydrogen (secondary N) is 1. The first kappa shape index (κ1) is 20.7. The molecule has 0 spiro atoms. The maximum absolute atomic E-state index is 11.7. The van der Waals surface area contributed by atoms with E-state index in [1.165, 1.54) is 10.9 Å². The second kappa shape index (κ2) is 7.85. The molecule has 3 aliphatic rings. The minimum absolute atomic E-state index is 0.0212. The number of para-hydroxylation sites is 1. The minimum atomic E-state index is -0.416. The first-order chi connectivity index (χ1) is 16.1. The highest BCUT2D eigenvalue weighted by atomic mass is 16.6. The number of hydrogen-bond donors (Lipinski definition) is 1. The molecular formula is C26H29N3O4. The number of ether oxygens (including phenoxy) is 2. The lowest BCUT2D eigenvalue weighted by Crippen LogP contribution is -2.64. The van der Waals surface area contributed by atoms with Crippen molar-refractivity contribution >= 4 is 16.6 Å². The first-order valence-corrected chi connectivity index (χ1v) is 12.0. The smallest absolute Gasteiger partial charge is 0.269 e. The molecule has 3 heterocycles. The zero-order valence-corrected chi connectivity index (χ0v) is 18.9. The number of morpholine rings is 1. The van der Waals surface area contributed by atoms with Crippen molar-refractivity contribution in [2.24, 2.45) is 5.92 Å². The highest BCUT2D eigenvalue weighted by molar-refractivity contribution is 5.86. The van der Waals surface area contributed by atoms with Crippen molar-refractivity contribution in [3.8, 4) is 5.75 Å². The van der Waals surface area contributed by atoms with Crippen LogP contribution in [0.5, 0.6) is 5.75 Å². The fourth-order valence-electron chi connectivity index (χ4n) is 6.55. The van der Waals surface area contributed by atoms with E-state index < -0.39 is 5.72 Å². The summed E-state index contributed by atoms with van der Waals surface area (Å²) < 4.78 is 12.6. The highest BCUT2D eigenvalue weighted by Crippen LogP contribution is 2.57. The molecule has 33 heavy (non-hydrogen) atoms. The quantitative estimate of drug-likeness (QED) is 0.445. The van der Waals surface area contributed by atoms with E-state index in [1.807, 2.05) is 12.1 Å². The molecule has 0 unspecified atom stereocenters. The van der Waals surface area contributed by atoms with Crippen LogP contribution in [0.25, 0.3) is 10.9 Å². The summed E-state index contributed by atoms with van der Waals surface area (Å²) in [5, 5.41) is 12.9. The summed E-state index contributed by atoms with van der Waals surface area (Å²) in [6.45, 7) is 5.24. The van der Waals surface area contributed by atoms with Crippen LogP contribution in [0.3, 0.4) is 0 Å². The van der Waals surface area contributed by atoms with E-state index in [-0.39, 0.29) is 22.4 Å². The molecule has 1 aliphatic carbocycles. The Bertz CT molecular complexity index is 1220. The maximum Gasteiger partial charge on any atom is 0.269 e. The molecule has 3 aromatic rings. The van der Waals surface area contributed by atoms with E-state index in [9.17, 15) is 10.1 Å². The Kier molecular flexibility index (Phi) is 4.92.